The van der Waals surface area contributed by atoms with Crippen LogP contribution in [-0.4, -0.2) is 26.0 Å². The van der Waals surface area contributed by atoms with Crippen LogP contribution in [0.25, 0.3) is 0 Å². The first-order valence-electron chi connectivity index (χ1n) is 6.69. The van der Waals surface area contributed by atoms with Gasteiger partial charge in [-0.1, -0.05) is 12.8 Å². The fourth-order valence-electron chi connectivity index (χ4n) is 2.69. The topological polar surface area (TPSA) is 61.5 Å². The number of benzene rings is 1. The summed E-state index contributed by atoms with van der Waals surface area (Å²) in [5.41, 5.74) is 6.66. The lowest BCUT2D eigenvalue weighted by Gasteiger charge is -2.27. The summed E-state index contributed by atoms with van der Waals surface area (Å²) >= 11 is 0. The lowest BCUT2D eigenvalue weighted by atomic mass is 9.80. The third kappa shape index (κ3) is 2.89. The molecule has 1 aliphatic rings. The standard InChI is InChI=1S/C15H21NO3/c1-18-10-7-8-14(19-2)12(9-10)15(17)11-5-3-4-6-13(11)16/h7-9,11,13H,3-6,16H2,1-2H3. The van der Waals surface area contributed by atoms with Gasteiger partial charge in [0.15, 0.2) is 5.78 Å². The van der Waals surface area contributed by atoms with E-state index in [1.807, 2.05) is 0 Å². The number of methoxy groups -OCH3 is 2. The van der Waals surface area contributed by atoms with Crippen LogP contribution in [0.4, 0.5) is 0 Å². The number of carbonyl (C=O) groups excluding carboxylic acids is 1. The van der Waals surface area contributed by atoms with Gasteiger partial charge in [0.1, 0.15) is 11.5 Å². The predicted molar refractivity (Wildman–Crippen MR) is 73.8 cm³/mol. The summed E-state index contributed by atoms with van der Waals surface area (Å²) < 4.78 is 10.5. The number of nitrogens with two attached hydrogens (primary N) is 1. The zero-order chi connectivity index (χ0) is 13.8. The van der Waals surface area contributed by atoms with Gasteiger partial charge in [-0.3, -0.25) is 4.79 Å². The van der Waals surface area contributed by atoms with Crippen LogP contribution in [0.1, 0.15) is 36.0 Å². The second kappa shape index (κ2) is 6.06. The summed E-state index contributed by atoms with van der Waals surface area (Å²) in [7, 11) is 3.15. The van der Waals surface area contributed by atoms with Crippen LogP contribution >= 0.6 is 0 Å². The third-order valence-electron chi connectivity index (χ3n) is 3.83. The van der Waals surface area contributed by atoms with Crippen molar-refractivity contribution in [2.45, 2.75) is 31.7 Å². The highest BCUT2D eigenvalue weighted by atomic mass is 16.5. The summed E-state index contributed by atoms with van der Waals surface area (Å²) in [6.07, 6.45) is 3.96. The molecule has 1 aromatic rings. The van der Waals surface area contributed by atoms with Gasteiger partial charge in [-0.15, -0.1) is 0 Å². The van der Waals surface area contributed by atoms with Gasteiger partial charge in [0.2, 0.25) is 0 Å². The molecule has 0 spiro atoms. The molecule has 1 aromatic carbocycles. The van der Waals surface area contributed by atoms with Gasteiger partial charge in [-0.2, -0.15) is 0 Å². The minimum atomic E-state index is -0.102. The first-order chi connectivity index (χ1) is 9.17. The Morgan fingerprint density at radius 1 is 1.21 bits per heavy atom. The van der Waals surface area contributed by atoms with E-state index in [2.05, 4.69) is 0 Å². The SMILES string of the molecule is COc1ccc(OC)c(C(=O)C2CCCCC2N)c1. The van der Waals surface area contributed by atoms with Crippen LogP contribution in [0.5, 0.6) is 11.5 Å². The smallest absolute Gasteiger partial charge is 0.171 e. The van der Waals surface area contributed by atoms with Crippen molar-refractivity contribution < 1.29 is 14.3 Å². The Labute approximate surface area is 113 Å². The van der Waals surface area contributed by atoms with Gasteiger partial charge in [0.25, 0.3) is 0 Å². The van der Waals surface area contributed by atoms with E-state index in [-0.39, 0.29) is 17.7 Å². The largest absolute Gasteiger partial charge is 0.497 e. The Kier molecular flexibility index (Phi) is 4.43. The molecule has 0 saturated heterocycles. The molecule has 2 atom stereocenters. The molecule has 1 aliphatic carbocycles. The van der Waals surface area contributed by atoms with Crippen molar-refractivity contribution in [3.63, 3.8) is 0 Å². The van der Waals surface area contributed by atoms with Gasteiger partial charge < -0.3 is 15.2 Å². The number of rotatable bonds is 4. The molecule has 0 aliphatic heterocycles. The van der Waals surface area contributed by atoms with Gasteiger partial charge in [-0.25, -0.2) is 0 Å². The number of Topliss-reactive ketones (excluding diaryl/α,β-unsaturated/α-hetero) is 1. The Bertz CT molecular complexity index is 459. The van der Waals surface area contributed by atoms with Crippen LogP contribution in [0.2, 0.25) is 0 Å². The molecule has 0 bridgehead atoms. The molecule has 4 heteroatoms. The molecule has 0 heterocycles. The van der Waals surface area contributed by atoms with Crippen molar-refractivity contribution in [2.24, 2.45) is 11.7 Å². The molecular formula is C15H21NO3. The van der Waals surface area contributed by atoms with Crippen molar-refractivity contribution in [3.8, 4) is 11.5 Å². The molecule has 0 radical (unpaired) electrons. The zero-order valence-corrected chi connectivity index (χ0v) is 11.5. The predicted octanol–water partition coefficient (Wildman–Crippen LogP) is 2.40. The Morgan fingerprint density at radius 3 is 2.58 bits per heavy atom. The van der Waals surface area contributed by atoms with Crippen molar-refractivity contribution in [3.05, 3.63) is 23.8 Å². The Balaban J connectivity index is 2.30. The maximum absolute atomic E-state index is 12.6. The van der Waals surface area contributed by atoms with Crippen molar-refractivity contribution >= 4 is 5.78 Å². The number of ether oxygens (including phenoxy) is 2. The molecule has 1 saturated carbocycles. The van der Waals surface area contributed by atoms with E-state index in [0.717, 1.165) is 25.7 Å². The Morgan fingerprint density at radius 2 is 1.95 bits per heavy atom. The third-order valence-corrected chi connectivity index (χ3v) is 3.83. The average Bonchev–Trinajstić information content (AvgIpc) is 2.46. The number of hydrogen-bond acceptors (Lipinski definition) is 4. The minimum Gasteiger partial charge on any atom is -0.497 e. The molecule has 2 N–H and O–H groups in total. The number of ketones is 1. The quantitative estimate of drug-likeness (QED) is 0.847. The van der Waals surface area contributed by atoms with Gasteiger partial charge in [-0.05, 0) is 31.0 Å². The van der Waals surface area contributed by atoms with E-state index in [4.69, 9.17) is 15.2 Å². The molecule has 1 fully saturated rings. The van der Waals surface area contributed by atoms with Gasteiger partial charge >= 0.3 is 0 Å². The monoisotopic (exact) mass is 263 g/mol. The van der Waals surface area contributed by atoms with E-state index in [9.17, 15) is 4.79 Å². The van der Waals surface area contributed by atoms with E-state index in [1.54, 1.807) is 32.4 Å². The normalized spacial score (nSPS) is 22.9. The molecule has 0 amide bonds. The van der Waals surface area contributed by atoms with E-state index in [0.29, 0.717) is 17.1 Å². The van der Waals surface area contributed by atoms with E-state index < -0.39 is 0 Å². The summed E-state index contributed by atoms with van der Waals surface area (Å²) in [6, 6.07) is 5.25. The van der Waals surface area contributed by atoms with Crippen LogP contribution in [-0.2, 0) is 0 Å². The summed E-state index contributed by atoms with van der Waals surface area (Å²) in [5, 5.41) is 0. The molecule has 104 valence electrons. The van der Waals surface area contributed by atoms with E-state index in [1.165, 1.54) is 0 Å². The minimum absolute atomic E-state index is 0.0443. The second-order valence-electron chi connectivity index (χ2n) is 4.99. The van der Waals surface area contributed by atoms with Crippen molar-refractivity contribution in [1.29, 1.82) is 0 Å². The van der Waals surface area contributed by atoms with Crippen LogP contribution in [0.15, 0.2) is 18.2 Å². The maximum Gasteiger partial charge on any atom is 0.171 e. The molecule has 4 nitrogen and oxygen atoms in total. The second-order valence-corrected chi connectivity index (χ2v) is 4.99. The highest BCUT2D eigenvalue weighted by Crippen LogP contribution is 2.31. The Hall–Kier alpha value is -1.55. The average molecular weight is 263 g/mol. The molecule has 2 unspecified atom stereocenters. The van der Waals surface area contributed by atoms with E-state index >= 15 is 0 Å². The fourth-order valence-corrected chi connectivity index (χ4v) is 2.69. The number of carbonyl (C=O) groups is 1. The first-order valence-corrected chi connectivity index (χ1v) is 6.69. The van der Waals surface area contributed by atoms with Crippen LogP contribution < -0.4 is 15.2 Å². The molecule has 19 heavy (non-hydrogen) atoms. The highest BCUT2D eigenvalue weighted by Gasteiger charge is 2.30. The summed E-state index contributed by atoms with van der Waals surface area (Å²) in [6.45, 7) is 0. The van der Waals surface area contributed by atoms with Gasteiger partial charge in [0.05, 0.1) is 19.8 Å². The molecular weight excluding hydrogens is 242 g/mol. The fraction of sp³-hybridized carbons (Fsp3) is 0.533. The van der Waals surface area contributed by atoms with Crippen molar-refractivity contribution in [1.82, 2.24) is 0 Å². The van der Waals surface area contributed by atoms with Crippen molar-refractivity contribution in [2.75, 3.05) is 14.2 Å². The zero-order valence-electron chi connectivity index (χ0n) is 11.5. The molecule has 2 rings (SSSR count). The van der Waals surface area contributed by atoms with Crippen LogP contribution in [0, 0.1) is 5.92 Å². The number of hydrogen-bond donors (Lipinski definition) is 1. The lowest BCUT2D eigenvalue weighted by Crippen LogP contribution is -2.38. The summed E-state index contributed by atoms with van der Waals surface area (Å²) in [5.74, 6) is 1.22. The van der Waals surface area contributed by atoms with Crippen LogP contribution in [0.3, 0.4) is 0 Å². The summed E-state index contributed by atoms with van der Waals surface area (Å²) in [4.78, 5) is 12.6. The lowest BCUT2D eigenvalue weighted by molar-refractivity contribution is 0.0867. The van der Waals surface area contributed by atoms with Gasteiger partial charge in [0, 0.05) is 12.0 Å². The first kappa shape index (κ1) is 13.9. The molecule has 0 aromatic heterocycles. The maximum atomic E-state index is 12.6. The highest BCUT2D eigenvalue weighted by molar-refractivity contribution is 6.01.